The number of anilines is 2. The number of carbonyl (C=O) groups excluding carboxylic acids is 2. The maximum Gasteiger partial charge on any atom is 0.259 e. The van der Waals surface area contributed by atoms with Crippen LogP contribution in [0, 0.1) is 0 Å². The predicted molar refractivity (Wildman–Crippen MR) is 166 cm³/mol. The number of para-hydroxylation sites is 1. The largest absolute Gasteiger partial charge is 0.506 e. The molecule has 2 amide bonds. The molecule has 0 radical (unpaired) electrons. The molecule has 222 valence electrons. The topological polar surface area (TPSA) is 126 Å². The highest BCUT2D eigenvalue weighted by molar-refractivity contribution is 6.30. The monoisotopic (exact) mass is 601 g/mol. The van der Waals surface area contributed by atoms with Crippen molar-refractivity contribution in [3.63, 3.8) is 0 Å². The minimum Gasteiger partial charge on any atom is -0.506 e. The Morgan fingerprint density at radius 1 is 0.953 bits per heavy atom. The maximum atomic E-state index is 13.3. The van der Waals surface area contributed by atoms with Gasteiger partial charge in [-0.25, -0.2) is 4.98 Å². The van der Waals surface area contributed by atoms with Crippen LogP contribution in [0.15, 0.2) is 83.9 Å². The van der Waals surface area contributed by atoms with Crippen molar-refractivity contribution in [2.45, 2.75) is 32.6 Å². The van der Waals surface area contributed by atoms with Crippen LogP contribution in [-0.2, 0) is 11.3 Å². The second-order valence-electron chi connectivity index (χ2n) is 10.5. The van der Waals surface area contributed by atoms with E-state index in [0.29, 0.717) is 22.7 Å². The van der Waals surface area contributed by atoms with Gasteiger partial charge in [0.05, 0.1) is 28.5 Å². The first-order valence-electron chi connectivity index (χ1n) is 13.9. The minimum absolute atomic E-state index is 0.0435. The summed E-state index contributed by atoms with van der Waals surface area (Å²) in [5.41, 5.74) is 1.36. The summed E-state index contributed by atoms with van der Waals surface area (Å²) in [5, 5.41) is 16.1. The summed E-state index contributed by atoms with van der Waals surface area (Å²) in [6.45, 7) is 7.06. The Hall–Kier alpha value is -4.51. The molecule has 5 rings (SSSR count). The molecular weight excluding hydrogens is 570 g/mol. The predicted octanol–water partition coefficient (Wildman–Crippen LogP) is 4.88. The zero-order chi connectivity index (χ0) is 30.5. The summed E-state index contributed by atoms with van der Waals surface area (Å²) in [7, 11) is 0. The van der Waals surface area contributed by atoms with E-state index in [2.05, 4.69) is 34.4 Å². The SMILES string of the molecule is CC1CN(CCn2cccc(-c3ccc(C(=O)Nc4c(O)cccc4C(=O)Nc4ccc(Cl)cn4)cc3)c2=O)CC(C)O1. The summed E-state index contributed by atoms with van der Waals surface area (Å²) in [6, 6.07) is 17.6. The first kappa shape index (κ1) is 30.0. The Morgan fingerprint density at radius 3 is 2.40 bits per heavy atom. The van der Waals surface area contributed by atoms with Gasteiger partial charge in [0.15, 0.2) is 0 Å². The number of phenols is 1. The molecule has 0 aliphatic carbocycles. The summed E-state index contributed by atoms with van der Waals surface area (Å²) < 4.78 is 7.50. The van der Waals surface area contributed by atoms with E-state index in [9.17, 15) is 19.5 Å². The van der Waals surface area contributed by atoms with E-state index >= 15 is 0 Å². The smallest absolute Gasteiger partial charge is 0.259 e. The van der Waals surface area contributed by atoms with Gasteiger partial charge in [-0.2, -0.15) is 0 Å². The number of benzene rings is 2. The average molecular weight is 602 g/mol. The van der Waals surface area contributed by atoms with Gasteiger partial charge in [-0.05, 0) is 67.9 Å². The Morgan fingerprint density at radius 2 is 1.70 bits per heavy atom. The molecule has 0 spiro atoms. The number of ether oxygens (including phenoxy) is 1. The van der Waals surface area contributed by atoms with Gasteiger partial charge in [0.1, 0.15) is 11.6 Å². The lowest BCUT2D eigenvalue weighted by molar-refractivity contribution is -0.0686. The van der Waals surface area contributed by atoms with Gasteiger partial charge in [-0.1, -0.05) is 29.8 Å². The number of morpholine rings is 1. The Bertz CT molecular complexity index is 1660. The van der Waals surface area contributed by atoms with Crippen LogP contribution in [0.3, 0.4) is 0 Å². The highest BCUT2D eigenvalue weighted by atomic mass is 35.5. The first-order valence-corrected chi connectivity index (χ1v) is 14.3. The lowest BCUT2D eigenvalue weighted by Gasteiger charge is -2.35. The highest BCUT2D eigenvalue weighted by Crippen LogP contribution is 2.29. The van der Waals surface area contributed by atoms with Crippen LogP contribution in [0.1, 0.15) is 34.6 Å². The molecular formula is C32H32ClN5O5. The van der Waals surface area contributed by atoms with Gasteiger partial charge >= 0.3 is 0 Å². The van der Waals surface area contributed by atoms with Crippen molar-refractivity contribution >= 4 is 34.9 Å². The maximum absolute atomic E-state index is 13.3. The number of carbonyl (C=O) groups is 2. The molecule has 2 unspecified atom stereocenters. The number of aromatic nitrogens is 2. The van der Waals surface area contributed by atoms with Gasteiger partial charge in [-0.3, -0.25) is 19.3 Å². The third-order valence-corrected chi connectivity index (χ3v) is 7.35. The van der Waals surface area contributed by atoms with Crippen LogP contribution in [0.2, 0.25) is 5.02 Å². The molecule has 10 nitrogen and oxygen atoms in total. The number of hydrogen-bond donors (Lipinski definition) is 3. The van der Waals surface area contributed by atoms with E-state index in [-0.39, 0.29) is 46.1 Å². The van der Waals surface area contributed by atoms with Crippen LogP contribution in [0.4, 0.5) is 11.5 Å². The third-order valence-electron chi connectivity index (χ3n) is 7.13. The summed E-state index contributed by atoms with van der Waals surface area (Å²) in [5.74, 6) is -1.12. The second kappa shape index (κ2) is 13.2. The zero-order valence-electron chi connectivity index (χ0n) is 23.8. The van der Waals surface area contributed by atoms with E-state index in [1.165, 1.54) is 30.5 Å². The zero-order valence-corrected chi connectivity index (χ0v) is 24.5. The molecule has 1 aliphatic heterocycles. The molecule has 2 atom stereocenters. The van der Waals surface area contributed by atoms with Crippen molar-refractivity contribution in [2.24, 2.45) is 0 Å². The first-order chi connectivity index (χ1) is 20.7. The third kappa shape index (κ3) is 7.29. The fourth-order valence-corrected chi connectivity index (χ4v) is 5.24. The van der Waals surface area contributed by atoms with Crippen LogP contribution in [0.25, 0.3) is 11.1 Å². The molecule has 2 aromatic carbocycles. The number of aromatic hydroxyl groups is 1. The van der Waals surface area contributed by atoms with Crippen LogP contribution < -0.4 is 16.2 Å². The van der Waals surface area contributed by atoms with Crippen LogP contribution >= 0.6 is 11.6 Å². The number of phenolic OH excluding ortho intramolecular Hbond substituents is 1. The lowest BCUT2D eigenvalue weighted by atomic mass is 10.0. The number of amides is 2. The van der Waals surface area contributed by atoms with Crippen LogP contribution in [-0.4, -0.2) is 63.2 Å². The van der Waals surface area contributed by atoms with E-state index in [0.717, 1.165) is 19.6 Å². The van der Waals surface area contributed by atoms with E-state index in [4.69, 9.17) is 16.3 Å². The molecule has 4 aromatic rings. The molecule has 43 heavy (non-hydrogen) atoms. The number of halogens is 1. The van der Waals surface area contributed by atoms with Crippen molar-refractivity contribution < 1.29 is 19.4 Å². The van der Waals surface area contributed by atoms with Crippen molar-refractivity contribution in [3.05, 3.63) is 106 Å². The molecule has 11 heteroatoms. The fourth-order valence-electron chi connectivity index (χ4n) is 5.13. The normalized spacial score (nSPS) is 16.9. The lowest BCUT2D eigenvalue weighted by Crippen LogP contribution is -2.46. The standard InChI is InChI=1S/C32H32ClN5O5/c1-20-18-37(19-21(2)43-20)15-16-38-14-4-6-25(32(38)42)22-8-10-23(11-9-22)30(40)36-29-26(5-3-7-27(29)39)31(41)35-28-13-12-24(33)17-34-28/h3-14,17,20-21,39H,15-16,18-19H2,1-2H3,(H,36,40)(H,34,35,41). The quantitative estimate of drug-likeness (QED) is 0.246. The summed E-state index contributed by atoms with van der Waals surface area (Å²) >= 11 is 5.86. The van der Waals surface area contributed by atoms with Crippen molar-refractivity contribution in [1.82, 2.24) is 14.5 Å². The second-order valence-corrected chi connectivity index (χ2v) is 10.9. The van der Waals surface area contributed by atoms with Gasteiger partial charge < -0.3 is 25.0 Å². The van der Waals surface area contributed by atoms with E-state index in [1.807, 2.05) is 6.07 Å². The highest BCUT2D eigenvalue weighted by Gasteiger charge is 2.22. The molecule has 1 fully saturated rings. The van der Waals surface area contributed by atoms with Gasteiger partial charge in [-0.15, -0.1) is 0 Å². The number of nitrogens with zero attached hydrogens (tertiary/aromatic N) is 3. The van der Waals surface area contributed by atoms with Crippen LogP contribution in [0.5, 0.6) is 5.75 Å². The molecule has 1 saturated heterocycles. The number of hydrogen-bond acceptors (Lipinski definition) is 7. The number of rotatable bonds is 8. The Labute approximate surface area is 253 Å². The molecule has 0 bridgehead atoms. The molecule has 0 saturated carbocycles. The minimum atomic E-state index is -0.575. The number of nitrogens with one attached hydrogen (secondary N) is 2. The van der Waals surface area contributed by atoms with E-state index in [1.54, 1.807) is 47.2 Å². The summed E-state index contributed by atoms with van der Waals surface area (Å²) in [6.07, 6.45) is 3.49. The molecule has 1 aliphatic rings. The Balaban J connectivity index is 1.28. The molecule has 3 heterocycles. The molecule has 2 aromatic heterocycles. The van der Waals surface area contributed by atoms with Crippen molar-refractivity contribution in [3.8, 4) is 16.9 Å². The van der Waals surface area contributed by atoms with Gasteiger partial charge in [0, 0.05) is 49.7 Å². The van der Waals surface area contributed by atoms with Crippen molar-refractivity contribution in [2.75, 3.05) is 30.3 Å². The summed E-state index contributed by atoms with van der Waals surface area (Å²) in [4.78, 5) is 45.7. The average Bonchev–Trinajstić information content (AvgIpc) is 2.98. The van der Waals surface area contributed by atoms with Gasteiger partial charge in [0.2, 0.25) is 0 Å². The molecule has 3 N–H and O–H groups in total. The Kier molecular flexibility index (Phi) is 9.20. The number of pyridine rings is 2. The van der Waals surface area contributed by atoms with Gasteiger partial charge in [0.25, 0.3) is 17.4 Å². The fraction of sp³-hybridized carbons (Fsp3) is 0.250. The van der Waals surface area contributed by atoms with Crippen molar-refractivity contribution in [1.29, 1.82) is 0 Å². The van der Waals surface area contributed by atoms with E-state index < -0.39 is 11.8 Å².